The zero-order chi connectivity index (χ0) is 16.7. The second kappa shape index (κ2) is 5.91. The molecule has 0 radical (unpaired) electrons. The van der Waals surface area contributed by atoms with Gasteiger partial charge in [-0.2, -0.15) is 13.2 Å². The first-order chi connectivity index (χ1) is 10.8. The third kappa shape index (κ3) is 3.28. The van der Waals surface area contributed by atoms with Gasteiger partial charge in [0.1, 0.15) is 0 Å². The largest absolute Gasteiger partial charge is 0.416 e. The van der Waals surface area contributed by atoms with Gasteiger partial charge in [-0.1, -0.05) is 0 Å². The molecular formula is C17H21F3N2O. The highest BCUT2D eigenvalue weighted by Crippen LogP contribution is 2.41. The number of aliphatic imine (C=N–C) groups is 1. The van der Waals surface area contributed by atoms with Crippen molar-refractivity contribution in [1.82, 2.24) is 5.32 Å². The average molecular weight is 326 g/mol. The molecule has 3 nitrogen and oxygen atoms in total. The number of fused-ring (bicyclic) bond motifs is 1. The highest BCUT2D eigenvalue weighted by Gasteiger charge is 2.38. The van der Waals surface area contributed by atoms with E-state index in [0.717, 1.165) is 18.6 Å². The average Bonchev–Trinajstić information content (AvgIpc) is 2.88. The third-order valence-electron chi connectivity index (χ3n) is 4.86. The van der Waals surface area contributed by atoms with E-state index in [1.165, 1.54) is 6.07 Å². The van der Waals surface area contributed by atoms with Crippen molar-refractivity contribution in [2.24, 2.45) is 4.99 Å². The summed E-state index contributed by atoms with van der Waals surface area (Å²) >= 11 is 0. The van der Waals surface area contributed by atoms with Gasteiger partial charge < -0.3 is 10.1 Å². The van der Waals surface area contributed by atoms with Gasteiger partial charge in [-0.05, 0) is 50.1 Å². The monoisotopic (exact) mass is 326 g/mol. The van der Waals surface area contributed by atoms with Gasteiger partial charge in [0.2, 0.25) is 0 Å². The Hall–Kier alpha value is -1.40. The molecule has 23 heavy (non-hydrogen) atoms. The Kier molecular flexibility index (Phi) is 4.23. The van der Waals surface area contributed by atoms with Crippen LogP contribution < -0.4 is 5.32 Å². The molecule has 3 rings (SSSR count). The van der Waals surface area contributed by atoms with Gasteiger partial charge in [-0.15, -0.1) is 0 Å². The molecule has 0 amide bonds. The molecule has 1 fully saturated rings. The number of hydrogen-bond acceptors (Lipinski definition) is 3. The first-order valence-corrected chi connectivity index (χ1v) is 7.87. The topological polar surface area (TPSA) is 33.6 Å². The molecule has 0 unspecified atom stereocenters. The fraction of sp³-hybridized carbons (Fsp3) is 0.588. The van der Waals surface area contributed by atoms with E-state index in [9.17, 15) is 13.2 Å². The van der Waals surface area contributed by atoms with E-state index in [2.05, 4.69) is 10.3 Å². The van der Waals surface area contributed by atoms with Crippen molar-refractivity contribution >= 4 is 11.4 Å². The Morgan fingerprint density at radius 3 is 2.57 bits per heavy atom. The van der Waals surface area contributed by atoms with E-state index in [0.29, 0.717) is 36.4 Å². The Bertz CT molecular complexity index is 631. The number of benzene rings is 1. The molecule has 0 aromatic heterocycles. The van der Waals surface area contributed by atoms with Crippen molar-refractivity contribution in [3.63, 3.8) is 0 Å². The smallest absolute Gasteiger partial charge is 0.381 e. The normalized spacial score (nSPS) is 20.3. The van der Waals surface area contributed by atoms with Crippen LogP contribution in [-0.2, 0) is 17.3 Å². The third-order valence-corrected chi connectivity index (χ3v) is 4.86. The first kappa shape index (κ1) is 16.5. The number of hydrogen-bond donors (Lipinski definition) is 1. The van der Waals surface area contributed by atoms with Crippen LogP contribution in [0.2, 0.25) is 0 Å². The molecule has 1 saturated heterocycles. The second-order valence-electron chi connectivity index (χ2n) is 6.48. The Morgan fingerprint density at radius 2 is 1.96 bits per heavy atom. The van der Waals surface area contributed by atoms with Gasteiger partial charge >= 0.3 is 6.18 Å². The van der Waals surface area contributed by atoms with Crippen LogP contribution in [0.5, 0.6) is 0 Å². The van der Waals surface area contributed by atoms with Crippen LogP contribution in [0.4, 0.5) is 18.9 Å². The minimum Gasteiger partial charge on any atom is -0.381 e. The van der Waals surface area contributed by atoms with Gasteiger partial charge in [0, 0.05) is 37.3 Å². The van der Waals surface area contributed by atoms with E-state index in [1.54, 1.807) is 13.0 Å². The van der Waals surface area contributed by atoms with Gasteiger partial charge in [-0.3, -0.25) is 4.99 Å². The van der Waals surface area contributed by atoms with Gasteiger partial charge in [0.15, 0.2) is 0 Å². The van der Waals surface area contributed by atoms with E-state index < -0.39 is 11.7 Å². The van der Waals surface area contributed by atoms with Crippen LogP contribution in [0, 0.1) is 6.92 Å². The SMILES string of the molecule is CNC1(CC2=Nc3cc(C)cc(C(F)(F)F)c3C2)CCOCC1. The minimum atomic E-state index is -4.33. The molecule has 1 aromatic rings. The van der Waals surface area contributed by atoms with Crippen molar-refractivity contribution in [2.45, 2.75) is 44.3 Å². The van der Waals surface area contributed by atoms with Gasteiger partial charge in [0.25, 0.3) is 0 Å². The second-order valence-corrected chi connectivity index (χ2v) is 6.48. The standard InChI is InChI=1S/C17H21F3N2O/c1-11-7-14(17(18,19)20)13-9-12(22-15(13)8-11)10-16(21-2)3-5-23-6-4-16/h7-8,21H,3-6,9-10H2,1-2H3. The molecule has 0 aliphatic carbocycles. The predicted molar refractivity (Wildman–Crippen MR) is 83.4 cm³/mol. The number of aryl methyl sites for hydroxylation is 1. The Balaban J connectivity index is 1.87. The molecule has 126 valence electrons. The zero-order valence-electron chi connectivity index (χ0n) is 13.4. The number of halogens is 3. The van der Waals surface area contributed by atoms with Crippen molar-refractivity contribution in [1.29, 1.82) is 0 Å². The highest BCUT2D eigenvalue weighted by atomic mass is 19.4. The lowest BCUT2D eigenvalue weighted by Crippen LogP contribution is -2.49. The number of ether oxygens (including phenoxy) is 1. The summed E-state index contributed by atoms with van der Waals surface area (Å²) < 4.78 is 45.2. The highest BCUT2D eigenvalue weighted by molar-refractivity contribution is 5.95. The summed E-state index contributed by atoms with van der Waals surface area (Å²) in [6.45, 7) is 3.03. The number of nitrogens with one attached hydrogen (secondary N) is 1. The van der Waals surface area contributed by atoms with Crippen LogP contribution in [-0.4, -0.2) is 31.5 Å². The van der Waals surface area contributed by atoms with Crippen LogP contribution >= 0.6 is 0 Å². The first-order valence-electron chi connectivity index (χ1n) is 7.87. The van der Waals surface area contributed by atoms with Crippen molar-refractivity contribution < 1.29 is 17.9 Å². The minimum absolute atomic E-state index is 0.118. The summed E-state index contributed by atoms with van der Waals surface area (Å²) in [6.07, 6.45) is -1.68. The Labute approximate surface area is 133 Å². The van der Waals surface area contributed by atoms with E-state index in [4.69, 9.17) is 4.74 Å². The van der Waals surface area contributed by atoms with Crippen LogP contribution in [0.15, 0.2) is 17.1 Å². The fourth-order valence-electron chi connectivity index (χ4n) is 3.52. The van der Waals surface area contributed by atoms with Gasteiger partial charge in [-0.25, -0.2) is 0 Å². The molecule has 1 N–H and O–H groups in total. The van der Waals surface area contributed by atoms with Gasteiger partial charge in [0.05, 0.1) is 11.3 Å². The van der Waals surface area contributed by atoms with E-state index in [-0.39, 0.29) is 12.0 Å². The summed E-state index contributed by atoms with van der Waals surface area (Å²) in [5.74, 6) is 0. The number of rotatable bonds is 3. The molecular weight excluding hydrogens is 305 g/mol. The predicted octanol–water partition coefficient (Wildman–Crippen LogP) is 3.80. The van der Waals surface area contributed by atoms with E-state index >= 15 is 0 Å². The molecule has 6 heteroatoms. The quantitative estimate of drug-likeness (QED) is 0.916. The molecule has 2 heterocycles. The maximum atomic E-state index is 13.3. The molecule has 0 spiro atoms. The van der Waals surface area contributed by atoms with Crippen molar-refractivity contribution in [3.8, 4) is 0 Å². The van der Waals surface area contributed by atoms with Crippen LogP contribution in [0.3, 0.4) is 0 Å². The summed E-state index contributed by atoms with van der Waals surface area (Å²) in [6, 6.07) is 2.97. The summed E-state index contributed by atoms with van der Waals surface area (Å²) in [5, 5.41) is 3.34. The number of nitrogens with zero attached hydrogens (tertiary/aromatic N) is 1. The molecule has 0 saturated carbocycles. The lowest BCUT2D eigenvalue weighted by Gasteiger charge is -2.37. The Morgan fingerprint density at radius 1 is 1.26 bits per heavy atom. The maximum absolute atomic E-state index is 13.3. The molecule has 2 aliphatic rings. The van der Waals surface area contributed by atoms with Crippen LogP contribution in [0.1, 0.15) is 36.0 Å². The summed E-state index contributed by atoms with van der Waals surface area (Å²) in [4.78, 5) is 4.51. The molecule has 0 atom stereocenters. The zero-order valence-corrected chi connectivity index (χ0v) is 13.4. The molecule has 0 bridgehead atoms. The summed E-state index contributed by atoms with van der Waals surface area (Å²) in [5.41, 5.74) is 1.55. The van der Waals surface area contributed by atoms with E-state index in [1.807, 2.05) is 7.05 Å². The molecule has 2 aliphatic heterocycles. The van der Waals surface area contributed by atoms with Crippen molar-refractivity contribution in [3.05, 3.63) is 28.8 Å². The lowest BCUT2D eigenvalue weighted by molar-refractivity contribution is -0.138. The lowest BCUT2D eigenvalue weighted by atomic mass is 9.84. The fourth-order valence-corrected chi connectivity index (χ4v) is 3.52. The summed E-state index contributed by atoms with van der Waals surface area (Å²) in [7, 11) is 1.90. The van der Waals surface area contributed by atoms with Crippen LogP contribution in [0.25, 0.3) is 0 Å². The maximum Gasteiger partial charge on any atom is 0.416 e. The molecule has 1 aromatic carbocycles. The van der Waals surface area contributed by atoms with Crippen molar-refractivity contribution in [2.75, 3.05) is 20.3 Å². The number of alkyl halides is 3.